The number of benzene rings is 2. The second kappa shape index (κ2) is 7.18. The topological polar surface area (TPSA) is 53.9 Å². The lowest BCUT2D eigenvalue weighted by molar-refractivity contribution is 0.201. The Balaban J connectivity index is 2.02. The lowest BCUT2D eigenvalue weighted by Crippen LogP contribution is -2.03. The van der Waals surface area contributed by atoms with Gasteiger partial charge in [0.05, 0.1) is 18.5 Å². The fraction of sp³-hybridized carbons (Fsp3) is 0.133. The monoisotopic (exact) mass is 256 g/mol. The van der Waals surface area contributed by atoms with Gasteiger partial charge in [0.15, 0.2) is 0 Å². The van der Waals surface area contributed by atoms with Gasteiger partial charge in [-0.05, 0) is 24.3 Å². The van der Waals surface area contributed by atoms with Crippen molar-refractivity contribution in [3.8, 4) is 5.75 Å². The molecule has 0 aromatic heterocycles. The van der Waals surface area contributed by atoms with E-state index in [0.29, 0.717) is 5.75 Å². The molecule has 0 amide bonds. The first-order valence-corrected chi connectivity index (χ1v) is 6.07. The van der Waals surface area contributed by atoms with Gasteiger partial charge in [-0.15, -0.1) is 0 Å². The highest BCUT2D eigenvalue weighted by Crippen LogP contribution is 2.15. The fourth-order valence-corrected chi connectivity index (χ4v) is 1.56. The maximum absolute atomic E-state index is 8.77. The van der Waals surface area contributed by atoms with E-state index in [1.54, 1.807) is 6.21 Å². The Morgan fingerprint density at radius 2 is 1.79 bits per heavy atom. The van der Waals surface area contributed by atoms with E-state index in [2.05, 4.69) is 10.5 Å². The minimum atomic E-state index is -0.00621. The van der Waals surface area contributed by atoms with Crippen molar-refractivity contribution in [1.82, 2.24) is 0 Å². The number of hydrazone groups is 1. The molecule has 0 heterocycles. The summed E-state index contributed by atoms with van der Waals surface area (Å²) in [7, 11) is 0. The zero-order valence-corrected chi connectivity index (χ0v) is 10.5. The number of aliphatic hydroxyl groups excluding tert-OH is 1. The van der Waals surface area contributed by atoms with E-state index in [0.717, 1.165) is 11.3 Å². The summed E-state index contributed by atoms with van der Waals surface area (Å²) in [6.45, 7) is 0.269. The molecule has 0 aliphatic rings. The highest BCUT2D eigenvalue weighted by atomic mass is 16.5. The molecule has 0 unspecified atom stereocenters. The standard InChI is InChI=1S/C15H16N2O2/c18-10-11-19-15-9-5-4-6-13(15)12-16-17-14-7-2-1-3-8-14/h1-9,12,17-18H,10-11H2. The van der Waals surface area contributed by atoms with Gasteiger partial charge < -0.3 is 9.84 Å². The Morgan fingerprint density at radius 3 is 2.58 bits per heavy atom. The van der Waals surface area contributed by atoms with E-state index in [-0.39, 0.29) is 13.2 Å². The van der Waals surface area contributed by atoms with E-state index < -0.39 is 0 Å². The van der Waals surface area contributed by atoms with E-state index in [1.165, 1.54) is 0 Å². The highest BCUT2D eigenvalue weighted by molar-refractivity contribution is 5.83. The number of nitrogens with one attached hydrogen (secondary N) is 1. The normalized spacial score (nSPS) is 10.6. The first-order valence-electron chi connectivity index (χ1n) is 6.07. The maximum atomic E-state index is 8.77. The zero-order chi connectivity index (χ0) is 13.3. The predicted molar refractivity (Wildman–Crippen MR) is 76.7 cm³/mol. The maximum Gasteiger partial charge on any atom is 0.128 e. The van der Waals surface area contributed by atoms with Crippen LogP contribution in [0.5, 0.6) is 5.75 Å². The molecule has 0 aliphatic heterocycles. The van der Waals surface area contributed by atoms with Gasteiger partial charge in [0.25, 0.3) is 0 Å². The third-order valence-corrected chi connectivity index (χ3v) is 2.44. The van der Waals surface area contributed by atoms with Crippen LogP contribution in [0.1, 0.15) is 5.56 Å². The summed E-state index contributed by atoms with van der Waals surface area (Å²) in [4.78, 5) is 0. The van der Waals surface area contributed by atoms with Gasteiger partial charge in [-0.2, -0.15) is 5.10 Å². The summed E-state index contributed by atoms with van der Waals surface area (Å²) in [5.41, 5.74) is 4.73. The Kier molecular flexibility index (Phi) is 4.96. The summed E-state index contributed by atoms with van der Waals surface area (Å²) < 4.78 is 5.42. The van der Waals surface area contributed by atoms with Crippen molar-refractivity contribution < 1.29 is 9.84 Å². The number of hydrogen-bond donors (Lipinski definition) is 2. The average molecular weight is 256 g/mol. The summed E-state index contributed by atoms with van der Waals surface area (Å²) in [6, 6.07) is 17.3. The van der Waals surface area contributed by atoms with Crippen LogP contribution in [0.3, 0.4) is 0 Å². The molecule has 0 fully saturated rings. The van der Waals surface area contributed by atoms with Crippen molar-refractivity contribution in [2.45, 2.75) is 0 Å². The van der Waals surface area contributed by atoms with Gasteiger partial charge in [0, 0.05) is 5.56 Å². The van der Waals surface area contributed by atoms with E-state index >= 15 is 0 Å². The number of nitrogens with zero attached hydrogens (tertiary/aromatic N) is 1. The zero-order valence-electron chi connectivity index (χ0n) is 10.5. The van der Waals surface area contributed by atoms with Crippen LogP contribution in [0.4, 0.5) is 5.69 Å². The number of rotatable bonds is 6. The number of hydrogen-bond acceptors (Lipinski definition) is 4. The Labute approximate surface area is 112 Å². The Morgan fingerprint density at radius 1 is 1.05 bits per heavy atom. The van der Waals surface area contributed by atoms with Crippen molar-refractivity contribution >= 4 is 11.9 Å². The first-order chi connectivity index (χ1) is 9.40. The molecule has 0 spiro atoms. The molecule has 2 aromatic rings. The van der Waals surface area contributed by atoms with Crippen molar-refractivity contribution in [2.24, 2.45) is 5.10 Å². The molecule has 0 aliphatic carbocycles. The van der Waals surface area contributed by atoms with Crippen molar-refractivity contribution in [3.05, 3.63) is 60.2 Å². The van der Waals surface area contributed by atoms with E-state index in [1.807, 2.05) is 54.6 Å². The van der Waals surface area contributed by atoms with E-state index in [4.69, 9.17) is 9.84 Å². The molecule has 0 saturated heterocycles. The quantitative estimate of drug-likeness (QED) is 0.616. The Hall–Kier alpha value is -2.33. The molecule has 19 heavy (non-hydrogen) atoms. The summed E-state index contributed by atoms with van der Waals surface area (Å²) >= 11 is 0. The van der Waals surface area contributed by atoms with Gasteiger partial charge in [-0.3, -0.25) is 5.43 Å². The third-order valence-electron chi connectivity index (χ3n) is 2.44. The molecule has 2 rings (SSSR count). The SMILES string of the molecule is OCCOc1ccccc1C=NNc1ccccc1. The molecule has 2 N–H and O–H groups in total. The van der Waals surface area contributed by atoms with E-state index in [9.17, 15) is 0 Å². The number of para-hydroxylation sites is 2. The van der Waals surface area contributed by atoms with Gasteiger partial charge in [-0.1, -0.05) is 30.3 Å². The molecular weight excluding hydrogens is 240 g/mol. The minimum Gasteiger partial charge on any atom is -0.491 e. The fourth-order valence-electron chi connectivity index (χ4n) is 1.56. The second-order valence-electron chi connectivity index (χ2n) is 3.85. The molecule has 4 nitrogen and oxygen atoms in total. The summed E-state index contributed by atoms with van der Waals surface area (Å²) in [5, 5.41) is 12.9. The lowest BCUT2D eigenvalue weighted by Gasteiger charge is -2.07. The second-order valence-corrected chi connectivity index (χ2v) is 3.85. The summed E-state index contributed by atoms with van der Waals surface area (Å²) in [6.07, 6.45) is 1.69. The van der Waals surface area contributed by atoms with Gasteiger partial charge in [-0.25, -0.2) is 0 Å². The van der Waals surface area contributed by atoms with Crippen LogP contribution in [0.15, 0.2) is 59.7 Å². The van der Waals surface area contributed by atoms with Crippen LogP contribution in [0.2, 0.25) is 0 Å². The number of anilines is 1. The average Bonchev–Trinajstić information content (AvgIpc) is 2.47. The third kappa shape index (κ3) is 4.12. The molecular formula is C15H16N2O2. The number of aliphatic hydroxyl groups is 1. The van der Waals surface area contributed by atoms with Gasteiger partial charge in [0.1, 0.15) is 12.4 Å². The van der Waals surface area contributed by atoms with Crippen LogP contribution < -0.4 is 10.2 Å². The molecule has 2 aromatic carbocycles. The molecule has 0 radical (unpaired) electrons. The molecule has 4 heteroatoms. The number of ether oxygens (including phenoxy) is 1. The van der Waals surface area contributed by atoms with Gasteiger partial charge >= 0.3 is 0 Å². The van der Waals surface area contributed by atoms with Crippen LogP contribution >= 0.6 is 0 Å². The molecule has 98 valence electrons. The highest BCUT2D eigenvalue weighted by Gasteiger charge is 1.99. The lowest BCUT2D eigenvalue weighted by atomic mass is 10.2. The van der Waals surface area contributed by atoms with Crippen molar-refractivity contribution in [1.29, 1.82) is 0 Å². The van der Waals surface area contributed by atoms with Crippen molar-refractivity contribution in [3.63, 3.8) is 0 Å². The van der Waals surface area contributed by atoms with Crippen LogP contribution in [-0.2, 0) is 0 Å². The van der Waals surface area contributed by atoms with Crippen LogP contribution in [0.25, 0.3) is 0 Å². The predicted octanol–water partition coefficient (Wildman–Crippen LogP) is 2.50. The Bertz CT molecular complexity index is 527. The van der Waals surface area contributed by atoms with Crippen LogP contribution in [-0.4, -0.2) is 24.5 Å². The van der Waals surface area contributed by atoms with Crippen molar-refractivity contribution in [2.75, 3.05) is 18.6 Å². The van der Waals surface area contributed by atoms with Crippen LogP contribution in [0, 0.1) is 0 Å². The molecule has 0 saturated carbocycles. The summed E-state index contributed by atoms with van der Waals surface area (Å²) in [5.74, 6) is 0.704. The largest absolute Gasteiger partial charge is 0.491 e. The minimum absolute atomic E-state index is 0.00621. The smallest absolute Gasteiger partial charge is 0.128 e. The first kappa shape index (κ1) is 13.1. The van der Waals surface area contributed by atoms with Gasteiger partial charge in [0.2, 0.25) is 0 Å². The molecule has 0 bridgehead atoms. The molecule has 0 atom stereocenters.